The molecule has 0 saturated heterocycles. The Hall–Kier alpha value is -1.39. The Balaban J connectivity index is 2.20. The molecule has 1 amide bonds. The maximum Gasteiger partial charge on any atom is 0.265 e. The number of benzene rings is 1. The first-order valence-electron chi connectivity index (χ1n) is 5.87. The zero-order chi connectivity index (χ0) is 14.0. The van der Waals surface area contributed by atoms with E-state index in [0.29, 0.717) is 9.90 Å². The fraction of sp³-hybridized carbons (Fsp3) is 0.214. The number of carbonyl (C=O) groups is 1. The van der Waals surface area contributed by atoms with Crippen molar-refractivity contribution in [2.24, 2.45) is 0 Å². The van der Waals surface area contributed by atoms with E-state index in [2.05, 4.69) is 5.32 Å². The molecule has 0 aliphatic rings. The summed E-state index contributed by atoms with van der Waals surface area (Å²) in [4.78, 5) is 13.8. The average molecular weight is 298 g/mol. The smallest absolute Gasteiger partial charge is 0.265 e. The van der Waals surface area contributed by atoms with E-state index in [1.165, 1.54) is 34.4 Å². The third kappa shape index (κ3) is 3.14. The minimum atomic E-state index is -0.537. The van der Waals surface area contributed by atoms with Crippen molar-refractivity contribution >= 4 is 34.5 Å². The zero-order valence-corrected chi connectivity index (χ0v) is 12.2. The van der Waals surface area contributed by atoms with E-state index >= 15 is 0 Å². The summed E-state index contributed by atoms with van der Waals surface area (Å²) >= 11 is 7.10. The quantitative estimate of drug-likeness (QED) is 0.877. The monoisotopic (exact) mass is 297 g/mol. The van der Waals surface area contributed by atoms with Gasteiger partial charge in [-0.3, -0.25) is 4.79 Å². The Kier molecular flexibility index (Phi) is 4.22. The van der Waals surface area contributed by atoms with E-state index < -0.39 is 5.82 Å². The molecule has 19 heavy (non-hydrogen) atoms. The predicted molar refractivity (Wildman–Crippen MR) is 77.8 cm³/mol. The summed E-state index contributed by atoms with van der Waals surface area (Å²) in [5.74, 6) is -0.834. The summed E-state index contributed by atoms with van der Waals surface area (Å²) in [6.07, 6.45) is 0.888. The first kappa shape index (κ1) is 14.0. The summed E-state index contributed by atoms with van der Waals surface area (Å²) in [6.45, 7) is 4.01. The van der Waals surface area contributed by atoms with Gasteiger partial charge in [-0.1, -0.05) is 18.5 Å². The van der Waals surface area contributed by atoms with Crippen LogP contribution in [0.1, 0.15) is 27.0 Å². The number of hydrogen-bond acceptors (Lipinski definition) is 2. The Morgan fingerprint density at radius 3 is 2.74 bits per heavy atom. The van der Waals surface area contributed by atoms with Gasteiger partial charge in [-0.25, -0.2) is 4.39 Å². The molecule has 2 aromatic rings. The molecular weight excluding hydrogens is 285 g/mol. The van der Waals surface area contributed by atoms with Gasteiger partial charge in [-0.15, -0.1) is 11.3 Å². The second-order valence-corrected chi connectivity index (χ2v) is 5.72. The lowest BCUT2D eigenvalue weighted by Gasteiger charge is -2.05. The molecular formula is C14H13ClFNOS. The molecule has 0 saturated carbocycles. The van der Waals surface area contributed by atoms with E-state index in [9.17, 15) is 9.18 Å². The molecule has 5 heteroatoms. The molecule has 1 aromatic carbocycles. The van der Waals surface area contributed by atoms with Crippen LogP contribution in [0.5, 0.6) is 0 Å². The molecule has 0 fully saturated rings. The van der Waals surface area contributed by atoms with E-state index in [4.69, 9.17) is 11.6 Å². The van der Waals surface area contributed by atoms with Crippen LogP contribution in [-0.4, -0.2) is 5.91 Å². The van der Waals surface area contributed by atoms with Crippen molar-refractivity contribution in [3.05, 3.63) is 50.4 Å². The van der Waals surface area contributed by atoms with Gasteiger partial charge in [0.15, 0.2) is 0 Å². The lowest BCUT2D eigenvalue weighted by atomic mass is 10.2. The molecule has 1 heterocycles. The van der Waals surface area contributed by atoms with Gasteiger partial charge < -0.3 is 5.32 Å². The second kappa shape index (κ2) is 5.72. The van der Waals surface area contributed by atoms with Crippen molar-refractivity contribution < 1.29 is 9.18 Å². The third-order valence-electron chi connectivity index (χ3n) is 2.74. The van der Waals surface area contributed by atoms with Gasteiger partial charge >= 0.3 is 0 Å². The maximum absolute atomic E-state index is 13.6. The van der Waals surface area contributed by atoms with Crippen LogP contribution in [-0.2, 0) is 6.42 Å². The van der Waals surface area contributed by atoms with Crippen LogP contribution in [0.2, 0.25) is 5.02 Å². The summed E-state index contributed by atoms with van der Waals surface area (Å²) < 4.78 is 13.6. The second-order valence-electron chi connectivity index (χ2n) is 4.15. The van der Waals surface area contributed by atoms with Gasteiger partial charge in [-0.05, 0) is 43.2 Å². The Labute approximate surface area is 120 Å². The third-order valence-corrected chi connectivity index (χ3v) is 4.36. The first-order valence-corrected chi connectivity index (χ1v) is 7.06. The van der Waals surface area contributed by atoms with Gasteiger partial charge in [0.1, 0.15) is 5.82 Å². The van der Waals surface area contributed by atoms with E-state index in [-0.39, 0.29) is 11.6 Å². The van der Waals surface area contributed by atoms with Crippen molar-refractivity contribution in [3.63, 3.8) is 0 Å². The molecule has 0 spiro atoms. The van der Waals surface area contributed by atoms with Gasteiger partial charge in [0.2, 0.25) is 0 Å². The number of anilines is 1. The van der Waals surface area contributed by atoms with Crippen LogP contribution in [0.15, 0.2) is 24.3 Å². The lowest BCUT2D eigenvalue weighted by molar-refractivity contribution is 0.103. The molecule has 0 radical (unpaired) electrons. The summed E-state index contributed by atoms with van der Waals surface area (Å²) in [6, 6.07) is 6.00. The number of thiophene rings is 1. The number of rotatable bonds is 3. The average Bonchev–Trinajstić information content (AvgIpc) is 2.74. The van der Waals surface area contributed by atoms with Crippen molar-refractivity contribution in [2.75, 3.05) is 5.32 Å². The molecule has 100 valence electrons. The molecule has 2 nitrogen and oxygen atoms in total. The Morgan fingerprint density at radius 1 is 1.42 bits per heavy atom. The highest BCUT2D eigenvalue weighted by Crippen LogP contribution is 2.24. The highest BCUT2D eigenvalue weighted by atomic mass is 35.5. The number of halogens is 2. The van der Waals surface area contributed by atoms with Crippen molar-refractivity contribution in [3.8, 4) is 0 Å². The Morgan fingerprint density at radius 2 is 2.16 bits per heavy atom. The highest BCUT2D eigenvalue weighted by molar-refractivity contribution is 7.14. The number of hydrogen-bond donors (Lipinski definition) is 1. The van der Waals surface area contributed by atoms with Crippen LogP contribution >= 0.6 is 22.9 Å². The minimum absolute atomic E-state index is 0.138. The van der Waals surface area contributed by atoms with Crippen LogP contribution in [0.4, 0.5) is 10.1 Å². The van der Waals surface area contributed by atoms with Gasteiger partial charge in [-0.2, -0.15) is 0 Å². The largest absolute Gasteiger partial charge is 0.319 e. The molecule has 0 unspecified atom stereocenters. The van der Waals surface area contributed by atoms with Gasteiger partial charge in [0.05, 0.1) is 10.6 Å². The molecule has 0 atom stereocenters. The summed E-state index contributed by atoms with van der Waals surface area (Å²) in [7, 11) is 0. The lowest BCUT2D eigenvalue weighted by Crippen LogP contribution is -2.11. The van der Waals surface area contributed by atoms with E-state index in [1.54, 1.807) is 0 Å². The number of nitrogens with one attached hydrogen (secondary N) is 1. The Bertz CT molecular complexity index is 624. The molecule has 2 rings (SSSR count). The van der Waals surface area contributed by atoms with Crippen molar-refractivity contribution in [1.82, 2.24) is 0 Å². The van der Waals surface area contributed by atoms with Gasteiger partial charge in [0, 0.05) is 9.90 Å². The molecule has 0 aliphatic carbocycles. The SMILES string of the molecule is CCc1sc(C(=O)Nc2ccc(Cl)cc2F)cc1C. The fourth-order valence-corrected chi connectivity index (χ4v) is 2.93. The van der Waals surface area contributed by atoms with Crippen molar-refractivity contribution in [2.45, 2.75) is 20.3 Å². The van der Waals surface area contributed by atoms with Crippen molar-refractivity contribution in [1.29, 1.82) is 0 Å². The standard InChI is InChI=1S/C14H13ClFNOS/c1-3-12-8(2)6-13(19-12)14(18)17-11-5-4-9(15)7-10(11)16/h4-7H,3H2,1-2H3,(H,17,18). The number of aryl methyl sites for hydroxylation is 2. The van der Waals surface area contributed by atoms with Crippen LogP contribution in [0.25, 0.3) is 0 Å². The van der Waals surface area contributed by atoms with E-state index in [1.807, 2.05) is 19.9 Å². The number of carbonyl (C=O) groups excluding carboxylic acids is 1. The highest BCUT2D eigenvalue weighted by Gasteiger charge is 2.13. The number of amides is 1. The van der Waals surface area contributed by atoms with Gasteiger partial charge in [0.25, 0.3) is 5.91 Å². The molecule has 1 aromatic heterocycles. The first-order chi connectivity index (χ1) is 9.01. The van der Waals surface area contributed by atoms with E-state index in [0.717, 1.165) is 12.0 Å². The van der Waals surface area contributed by atoms with Crippen LogP contribution in [0.3, 0.4) is 0 Å². The maximum atomic E-state index is 13.6. The fourth-order valence-electron chi connectivity index (χ4n) is 1.76. The molecule has 0 aliphatic heterocycles. The molecule has 0 bridgehead atoms. The summed E-state index contributed by atoms with van der Waals surface area (Å²) in [5.41, 5.74) is 1.23. The minimum Gasteiger partial charge on any atom is -0.319 e. The summed E-state index contributed by atoms with van der Waals surface area (Å²) in [5, 5.41) is 2.86. The predicted octanol–water partition coefficient (Wildman–Crippen LogP) is 4.66. The normalized spacial score (nSPS) is 10.5. The van der Waals surface area contributed by atoms with Crippen LogP contribution < -0.4 is 5.32 Å². The molecule has 1 N–H and O–H groups in total. The zero-order valence-electron chi connectivity index (χ0n) is 10.6. The van der Waals surface area contributed by atoms with Crippen LogP contribution in [0, 0.1) is 12.7 Å². The topological polar surface area (TPSA) is 29.1 Å².